The van der Waals surface area contributed by atoms with Crippen LogP contribution in [0.2, 0.25) is 10.0 Å². The zero-order chi connectivity index (χ0) is 15.6. The van der Waals surface area contributed by atoms with E-state index >= 15 is 0 Å². The Morgan fingerprint density at radius 2 is 2.05 bits per heavy atom. The summed E-state index contributed by atoms with van der Waals surface area (Å²) < 4.78 is 7.42. The van der Waals surface area contributed by atoms with Crippen LogP contribution in [0.1, 0.15) is 25.1 Å². The third kappa shape index (κ3) is 3.44. The van der Waals surface area contributed by atoms with Gasteiger partial charge in [-0.1, -0.05) is 29.3 Å². The van der Waals surface area contributed by atoms with E-state index in [0.29, 0.717) is 33.9 Å². The lowest BCUT2D eigenvalue weighted by Gasteiger charge is -2.15. The molecule has 6 heteroatoms. The molecular weight excluding hydrogens is 309 g/mol. The first-order chi connectivity index (χ1) is 9.92. The van der Waals surface area contributed by atoms with Crippen molar-refractivity contribution in [2.24, 2.45) is 0 Å². The molecule has 2 rings (SSSR count). The van der Waals surface area contributed by atoms with Crippen LogP contribution in [-0.2, 0) is 6.54 Å². The molecule has 4 nitrogen and oxygen atoms in total. The molecule has 0 aliphatic rings. The number of benzene rings is 1. The fourth-order valence-corrected chi connectivity index (χ4v) is 2.45. The van der Waals surface area contributed by atoms with Crippen molar-refractivity contribution in [1.82, 2.24) is 4.57 Å². The summed E-state index contributed by atoms with van der Waals surface area (Å²) in [5, 5.41) is 10.3. The molecule has 1 heterocycles. The minimum atomic E-state index is -0.0480. The Morgan fingerprint density at radius 3 is 2.62 bits per heavy atom. The third-order valence-corrected chi connectivity index (χ3v) is 3.47. The number of ether oxygens (including phenoxy) is 1. The van der Waals surface area contributed by atoms with Gasteiger partial charge in [0.1, 0.15) is 11.8 Å². The molecule has 0 radical (unpaired) electrons. The lowest BCUT2D eigenvalue weighted by atomic mass is 10.2. The van der Waals surface area contributed by atoms with Crippen LogP contribution in [-0.4, -0.2) is 10.7 Å². The Kier molecular flexibility index (Phi) is 4.66. The molecular formula is C15H15Cl2N3O. The highest BCUT2D eigenvalue weighted by Gasteiger charge is 2.17. The lowest BCUT2D eigenvalue weighted by molar-refractivity contribution is 0.224. The number of hydrogen-bond acceptors (Lipinski definition) is 3. The minimum absolute atomic E-state index is 0.0480. The number of rotatable bonds is 4. The summed E-state index contributed by atoms with van der Waals surface area (Å²) in [6.45, 7) is 4.19. The quantitative estimate of drug-likeness (QED) is 0.921. The highest BCUT2D eigenvalue weighted by molar-refractivity contribution is 6.35. The highest BCUT2D eigenvalue weighted by Crippen LogP contribution is 2.30. The Bertz CT molecular complexity index is 702. The zero-order valence-electron chi connectivity index (χ0n) is 11.7. The van der Waals surface area contributed by atoms with Gasteiger partial charge in [0.25, 0.3) is 0 Å². The second-order valence-electron chi connectivity index (χ2n) is 4.89. The number of nitrogens with two attached hydrogens (primary N) is 1. The maximum atomic E-state index is 9.25. The molecule has 0 aliphatic heterocycles. The van der Waals surface area contributed by atoms with Crippen LogP contribution >= 0.6 is 23.2 Å². The van der Waals surface area contributed by atoms with Crippen LogP contribution in [0.25, 0.3) is 0 Å². The lowest BCUT2D eigenvalue weighted by Crippen LogP contribution is -2.13. The molecule has 110 valence electrons. The molecule has 2 N–H and O–H groups in total. The number of nitrogen functional groups attached to an aromatic ring is 1. The average Bonchev–Trinajstić information content (AvgIpc) is 2.69. The molecule has 1 aromatic carbocycles. The predicted molar refractivity (Wildman–Crippen MR) is 84.9 cm³/mol. The second-order valence-corrected chi connectivity index (χ2v) is 5.73. The van der Waals surface area contributed by atoms with E-state index in [2.05, 4.69) is 6.07 Å². The Balaban J connectivity index is 2.45. The van der Waals surface area contributed by atoms with Gasteiger partial charge in [-0.2, -0.15) is 5.26 Å². The molecule has 1 aromatic heterocycles. The van der Waals surface area contributed by atoms with Crippen molar-refractivity contribution in [3.63, 3.8) is 0 Å². The molecule has 0 saturated carbocycles. The standard InChI is InChI=1S/C15H15Cl2N3O/c1-9(2)21-15-14(19)6-12(7-18)20(15)8-10-3-4-11(16)5-13(10)17/h3-6,9H,8,19H2,1-2H3. The molecule has 0 unspecified atom stereocenters. The van der Waals surface area contributed by atoms with E-state index in [1.807, 2.05) is 19.9 Å². The monoisotopic (exact) mass is 323 g/mol. The van der Waals surface area contributed by atoms with E-state index < -0.39 is 0 Å². The van der Waals surface area contributed by atoms with Gasteiger partial charge in [0.15, 0.2) is 0 Å². The van der Waals surface area contributed by atoms with Gasteiger partial charge >= 0.3 is 0 Å². The van der Waals surface area contributed by atoms with E-state index in [-0.39, 0.29) is 6.10 Å². The van der Waals surface area contributed by atoms with Crippen molar-refractivity contribution in [2.45, 2.75) is 26.5 Å². The van der Waals surface area contributed by atoms with Crippen LogP contribution in [0.5, 0.6) is 5.88 Å². The smallest absolute Gasteiger partial charge is 0.219 e. The largest absolute Gasteiger partial charge is 0.475 e. The van der Waals surface area contributed by atoms with Crippen molar-refractivity contribution in [3.8, 4) is 11.9 Å². The van der Waals surface area contributed by atoms with Crippen molar-refractivity contribution in [1.29, 1.82) is 5.26 Å². The van der Waals surface area contributed by atoms with Gasteiger partial charge in [-0.05, 0) is 31.5 Å². The van der Waals surface area contributed by atoms with Gasteiger partial charge in [0.2, 0.25) is 5.88 Å². The first-order valence-corrected chi connectivity index (χ1v) is 7.17. The van der Waals surface area contributed by atoms with Crippen molar-refractivity contribution in [2.75, 3.05) is 5.73 Å². The van der Waals surface area contributed by atoms with E-state index in [1.165, 1.54) is 0 Å². The van der Waals surface area contributed by atoms with E-state index in [1.54, 1.807) is 22.8 Å². The summed E-state index contributed by atoms with van der Waals surface area (Å²) in [6.07, 6.45) is -0.0480. The molecule has 0 amide bonds. The number of anilines is 1. The molecule has 0 bridgehead atoms. The van der Waals surface area contributed by atoms with Gasteiger partial charge in [0, 0.05) is 16.1 Å². The van der Waals surface area contributed by atoms with Crippen molar-refractivity contribution < 1.29 is 4.74 Å². The first-order valence-electron chi connectivity index (χ1n) is 6.42. The fraction of sp³-hybridized carbons (Fsp3) is 0.267. The maximum absolute atomic E-state index is 9.25. The van der Waals surface area contributed by atoms with Crippen LogP contribution in [0.4, 0.5) is 5.69 Å². The summed E-state index contributed by atoms with van der Waals surface area (Å²) in [4.78, 5) is 0. The van der Waals surface area contributed by atoms with E-state index in [9.17, 15) is 5.26 Å². The summed E-state index contributed by atoms with van der Waals surface area (Å²) >= 11 is 12.1. The second kappa shape index (κ2) is 6.30. The summed E-state index contributed by atoms with van der Waals surface area (Å²) in [5.41, 5.74) is 7.63. The van der Waals surface area contributed by atoms with Crippen LogP contribution < -0.4 is 10.5 Å². The number of halogens is 2. The zero-order valence-corrected chi connectivity index (χ0v) is 13.2. The Morgan fingerprint density at radius 1 is 1.33 bits per heavy atom. The molecule has 0 aliphatic carbocycles. The average molecular weight is 324 g/mol. The van der Waals surface area contributed by atoms with Crippen LogP contribution in [0.3, 0.4) is 0 Å². The summed E-state index contributed by atoms with van der Waals surface area (Å²) in [5.74, 6) is 0.479. The summed E-state index contributed by atoms with van der Waals surface area (Å²) in [6, 6.07) is 8.96. The number of nitriles is 1. The van der Waals surface area contributed by atoms with Crippen LogP contribution in [0, 0.1) is 11.3 Å². The number of aromatic nitrogens is 1. The molecule has 0 spiro atoms. The SMILES string of the molecule is CC(C)Oc1c(N)cc(C#N)n1Cc1ccc(Cl)cc1Cl. The van der Waals surface area contributed by atoms with Gasteiger partial charge in [0.05, 0.1) is 18.3 Å². The normalized spacial score (nSPS) is 10.7. The molecule has 0 atom stereocenters. The Hall–Kier alpha value is -1.83. The van der Waals surface area contributed by atoms with Gasteiger partial charge in [-0.3, -0.25) is 4.57 Å². The molecule has 0 fully saturated rings. The van der Waals surface area contributed by atoms with Crippen molar-refractivity contribution >= 4 is 28.9 Å². The topological polar surface area (TPSA) is 64.0 Å². The van der Waals surface area contributed by atoms with Crippen LogP contribution in [0.15, 0.2) is 24.3 Å². The summed E-state index contributed by atoms with van der Waals surface area (Å²) in [7, 11) is 0. The molecule has 2 aromatic rings. The molecule has 0 saturated heterocycles. The predicted octanol–water partition coefficient (Wildman–Crippen LogP) is 4.08. The fourth-order valence-electron chi connectivity index (χ4n) is 1.98. The van der Waals surface area contributed by atoms with Gasteiger partial charge < -0.3 is 10.5 Å². The maximum Gasteiger partial charge on any atom is 0.219 e. The van der Waals surface area contributed by atoms with E-state index in [0.717, 1.165) is 5.56 Å². The number of nitrogens with zero attached hydrogens (tertiary/aromatic N) is 2. The van der Waals surface area contributed by atoms with Gasteiger partial charge in [-0.25, -0.2) is 0 Å². The molecule has 21 heavy (non-hydrogen) atoms. The highest BCUT2D eigenvalue weighted by atomic mass is 35.5. The third-order valence-electron chi connectivity index (χ3n) is 2.88. The number of hydrogen-bond donors (Lipinski definition) is 1. The van der Waals surface area contributed by atoms with Gasteiger partial charge in [-0.15, -0.1) is 0 Å². The van der Waals surface area contributed by atoms with Crippen molar-refractivity contribution in [3.05, 3.63) is 45.6 Å². The Labute approximate surface area is 133 Å². The minimum Gasteiger partial charge on any atom is -0.475 e. The van der Waals surface area contributed by atoms with E-state index in [4.69, 9.17) is 33.7 Å². The first kappa shape index (κ1) is 15.6.